The van der Waals surface area contributed by atoms with Crippen molar-refractivity contribution in [1.82, 2.24) is 0 Å². The van der Waals surface area contributed by atoms with E-state index in [1.165, 1.54) is 0 Å². The number of nitrogens with zero attached hydrogens (tertiary/aromatic N) is 1. The number of ether oxygens (including phenoxy) is 2. The number of carboxylic acid groups (broad SMARTS) is 1. The zero-order valence-electron chi connectivity index (χ0n) is 12.5. The van der Waals surface area contributed by atoms with Crippen molar-refractivity contribution < 1.29 is 19.4 Å². The van der Waals surface area contributed by atoms with Crippen LogP contribution in [-0.4, -0.2) is 37.9 Å². The molecule has 0 radical (unpaired) electrons. The zero-order valence-corrected chi connectivity index (χ0v) is 12.5. The molecular weight excluding hydrogens is 258 g/mol. The van der Waals surface area contributed by atoms with Gasteiger partial charge in [-0.25, -0.2) is 4.79 Å². The van der Waals surface area contributed by atoms with Gasteiger partial charge in [-0.2, -0.15) is 0 Å². The molecule has 0 heterocycles. The molecule has 1 N–H and O–H groups in total. The summed E-state index contributed by atoms with van der Waals surface area (Å²) in [4.78, 5) is 13.3. The topological polar surface area (TPSA) is 59.0 Å². The van der Waals surface area contributed by atoms with Gasteiger partial charge in [0, 0.05) is 12.6 Å². The molecule has 1 rings (SSSR count). The minimum atomic E-state index is -0.828. The predicted molar refractivity (Wildman–Crippen MR) is 78.9 cm³/mol. The molecule has 0 saturated heterocycles. The third-order valence-corrected chi connectivity index (χ3v) is 3.21. The van der Waals surface area contributed by atoms with E-state index in [1.807, 2.05) is 24.8 Å². The molecule has 112 valence electrons. The van der Waals surface area contributed by atoms with Crippen LogP contribution in [0.1, 0.15) is 26.7 Å². The van der Waals surface area contributed by atoms with Gasteiger partial charge in [0.05, 0.1) is 19.9 Å². The third-order valence-electron chi connectivity index (χ3n) is 3.21. The Labute approximate surface area is 120 Å². The fourth-order valence-electron chi connectivity index (χ4n) is 2.23. The number of rotatable bonds is 8. The van der Waals surface area contributed by atoms with Crippen molar-refractivity contribution in [3.63, 3.8) is 0 Å². The first-order valence-corrected chi connectivity index (χ1v) is 6.80. The van der Waals surface area contributed by atoms with Crippen LogP contribution in [-0.2, 0) is 4.79 Å². The molecule has 5 heteroatoms. The van der Waals surface area contributed by atoms with E-state index in [1.54, 1.807) is 26.4 Å². The molecule has 0 bridgehead atoms. The number of hydrogen-bond donors (Lipinski definition) is 1. The van der Waals surface area contributed by atoms with E-state index < -0.39 is 12.0 Å². The van der Waals surface area contributed by atoms with Crippen molar-refractivity contribution >= 4 is 11.7 Å². The van der Waals surface area contributed by atoms with Gasteiger partial charge >= 0.3 is 5.97 Å². The second kappa shape index (κ2) is 7.62. The van der Waals surface area contributed by atoms with Crippen LogP contribution in [0.4, 0.5) is 5.69 Å². The zero-order chi connectivity index (χ0) is 15.1. The summed E-state index contributed by atoms with van der Waals surface area (Å²) in [5.41, 5.74) is 0.753. The summed E-state index contributed by atoms with van der Waals surface area (Å²) in [6.45, 7) is 4.54. The number of methoxy groups -OCH3 is 2. The Morgan fingerprint density at radius 3 is 2.45 bits per heavy atom. The van der Waals surface area contributed by atoms with E-state index in [0.29, 0.717) is 24.5 Å². The van der Waals surface area contributed by atoms with E-state index in [0.717, 1.165) is 12.1 Å². The summed E-state index contributed by atoms with van der Waals surface area (Å²) in [5.74, 6) is 0.506. The van der Waals surface area contributed by atoms with Crippen LogP contribution in [0.2, 0.25) is 0 Å². The summed E-state index contributed by atoms with van der Waals surface area (Å²) < 4.78 is 10.6. The lowest BCUT2D eigenvalue weighted by Gasteiger charge is -2.31. The van der Waals surface area contributed by atoms with Crippen molar-refractivity contribution in [2.45, 2.75) is 32.7 Å². The second-order valence-electron chi connectivity index (χ2n) is 4.49. The largest absolute Gasteiger partial charge is 0.497 e. The summed E-state index contributed by atoms with van der Waals surface area (Å²) in [7, 11) is 3.17. The van der Waals surface area contributed by atoms with Gasteiger partial charge in [0.15, 0.2) is 0 Å². The standard InChI is InChI=1S/C15H23NO4/c1-5-9-16(12(6-2)15(17)18)13-10-11(19-3)7-8-14(13)20-4/h7-8,10,12H,5-6,9H2,1-4H3,(H,17,18). The van der Waals surface area contributed by atoms with Gasteiger partial charge in [0.1, 0.15) is 17.5 Å². The quantitative estimate of drug-likeness (QED) is 0.794. The fraction of sp³-hybridized carbons (Fsp3) is 0.533. The van der Waals surface area contributed by atoms with Gasteiger partial charge in [0.2, 0.25) is 0 Å². The van der Waals surface area contributed by atoms with Gasteiger partial charge in [-0.3, -0.25) is 0 Å². The van der Waals surface area contributed by atoms with E-state index in [2.05, 4.69) is 0 Å². The molecule has 0 spiro atoms. The Morgan fingerprint density at radius 2 is 2.00 bits per heavy atom. The SMILES string of the molecule is CCCN(c1cc(OC)ccc1OC)C(CC)C(=O)O. The number of hydrogen-bond acceptors (Lipinski definition) is 4. The number of carbonyl (C=O) groups is 1. The molecule has 0 aliphatic rings. The van der Waals surface area contributed by atoms with Crippen molar-refractivity contribution in [2.24, 2.45) is 0 Å². The minimum Gasteiger partial charge on any atom is -0.497 e. The van der Waals surface area contributed by atoms with E-state index in [4.69, 9.17) is 9.47 Å². The van der Waals surface area contributed by atoms with Crippen LogP contribution in [0.25, 0.3) is 0 Å². The molecule has 5 nitrogen and oxygen atoms in total. The number of aliphatic carboxylic acids is 1. The lowest BCUT2D eigenvalue weighted by molar-refractivity contribution is -0.138. The maximum Gasteiger partial charge on any atom is 0.326 e. The highest BCUT2D eigenvalue weighted by atomic mass is 16.5. The average molecular weight is 281 g/mol. The molecule has 0 fully saturated rings. The first kappa shape index (κ1) is 16.1. The molecule has 1 unspecified atom stereocenters. The van der Waals surface area contributed by atoms with Crippen molar-refractivity contribution in [3.8, 4) is 11.5 Å². The molecule has 0 aromatic heterocycles. The van der Waals surface area contributed by atoms with Gasteiger partial charge in [0.25, 0.3) is 0 Å². The van der Waals surface area contributed by atoms with Crippen LogP contribution >= 0.6 is 0 Å². The van der Waals surface area contributed by atoms with Crippen LogP contribution in [0, 0.1) is 0 Å². The maximum atomic E-state index is 11.5. The van der Waals surface area contributed by atoms with Crippen molar-refractivity contribution in [2.75, 3.05) is 25.7 Å². The smallest absolute Gasteiger partial charge is 0.326 e. The first-order valence-electron chi connectivity index (χ1n) is 6.80. The first-order chi connectivity index (χ1) is 9.58. The Morgan fingerprint density at radius 1 is 1.30 bits per heavy atom. The minimum absolute atomic E-state index is 0.524. The summed E-state index contributed by atoms with van der Waals surface area (Å²) >= 11 is 0. The maximum absolute atomic E-state index is 11.5. The molecule has 20 heavy (non-hydrogen) atoms. The Balaban J connectivity index is 3.27. The molecule has 0 aliphatic carbocycles. The van der Waals surface area contributed by atoms with E-state index in [-0.39, 0.29) is 0 Å². The van der Waals surface area contributed by atoms with Crippen LogP contribution in [0.5, 0.6) is 11.5 Å². The van der Waals surface area contributed by atoms with Gasteiger partial charge < -0.3 is 19.5 Å². The Kier molecular flexibility index (Phi) is 6.15. The van der Waals surface area contributed by atoms with Crippen molar-refractivity contribution in [1.29, 1.82) is 0 Å². The Bertz CT molecular complexity index is 447. The van der Waals surface area contributed by atoms with Crippen LogP contribution < -0.4 is 14.4 Å². The molecule has 0 aliphatic heterocycles. The summed E-state index contributed by atoms with van der Waals surface area (Å²) in [5, 5.41) is 9.41. The predicted octanol–water partition coefficient (Wildman–Crippen LogP) is 2.78. The molecule has 1 atom stereocenters. The molecule has 0 amide bonds. The fourth-order valence-corrected chi connectivity index (χ4v) is 2.23. The molecule has 0 saturated carbocycles. The van der Waals surface area contributed by atoms with Gasteiger partial charge in [-0.15, -0.1) is 0 Å². The Hall–Kier alpha value is -1.91. The van der Waals surface area contributed by atoms with Crippen LogP contribution in [0.3, 0.4) is 0 Å². The van der Waals surface area contributed by atoms with E-state index in [9.17, 15) is 9.90 Å². The third kappa shape index (κ3) is 3.56. The molecule has 1 aromatic carbocycles. The normalized spacial score (nSPS) is 11.8. The monoisotopic (exact) mass is 281 g/mol. The molecule has 1 aromatic rings. The van der Waals surface area contributed by atoms with Crippen LogP contribution in [0.15, 0.2) is 18.2 Å². The van der Waals surface area contributed by atoms with Gasteiger partial charge in [-0.05, 0) is 25.0 Å². The molecular formula is C15H23NO4. The highest BCUT2D eigenvalue weighted by molar-refractivity contribution is 5.79. The average Bonchev–Trinajstić information content (AvgIpc) is 2.46. The number of carboxylic acids is 1. The number of benzene rings is 1. The summed E-state index contributed by atoms with van der Waals surface area (Å²) in [6.07, 6.45) is 1.37. The summed E-state index contributed by atoms with van der Waals surface area (Å²) in [6, 6.07) is 4.84. The van der Waals surface area contributed by atoms with E-state index >= 15 is 0 Å². The lowest BCUT2D eigenvalue weighted by Crippen LogP contribution is -2.41. The van der Waals surface area contributed by atoms with Crippen molar-refractivity contribution in [3.05, 3.63) is 18.2 Å². The number of anilines is 1. The lowest BCUT2D eigenvalue weighted by atomic mass is 10.1. The van der Waals surface area contributed by atoms with Gasteiger partial charge in [-0.1, -0.05) is 13.8 Å². The highest BCUT2D eigenvalue weighted by Gasteiger charge is 2.26. The highest BCUT2D eigenvalue weighted by Crippen LogP contribution is 2.34. The second-order valence-corrected chi connectivity index (χ2v) is 4.49.